The van der Waals surface area contributed by atoms with Gasteiger partial charge in [0.25, 0.3) is 0 Å². The van der Waals surface area contributed by atoms with Gasteiger partial charge in [-0.15, -0.1) is 13.2 Å². The molecule has 1 heterocycles. The van der Waals surface area contributed by atoms with Crippen molar-refractivity contribution in [2.24, 2.45) is 0 Å². The summed E-state index contributed by atoms with van der Waals surface area (Å²) in [5.74, 6) is 0. The molecular weight excluding hydrogens is 128 g/mol. The van der Waals surface area contributed by atoms with E-state index >= 15 is 0 Å². The molecule has 0 saturated heterocycles. The molecule has 0 aliphatic carbocycles. The maximum Gasteiger partial charge on any atom is 0.246 e. The van der Waals surface area contributed by atoms with Crippen molar-refractivity contribution < 1.29 is 4.42 Å². The molecule has 0 saturated carbocycles. The van der Waals surface area contributed by atoms with Gasteiger partial charge in [0.2, 0.25) is 9.41 Å². The Labute approximate surface area is 52.0 Å². The first-order valence-corrected chi connectivity index (χ1v) is 2.38. The monoisotopic (exact) mass is 132 g/mol. The third-order valence-corrected chi connectivity index (χ3v) is 0.977. The van der Waals surface area contributed by atoms with Crippen LogP contribution in [0.25, 0.3) is 0 Å². The smallest absolute Gasteiger partial charge is 0.246 e. The highest BCUT2D eigenvalue weighted by atomic mass is 32.1. The van der Waals surface area contributed by atoms with Crippen molar-refractivity contribution in [2.75, 3.05) is 0 Å². The molecule has 0 unspecified atom stereocenters. The second kappa shape index (κ2) is 2.82. The zero-order valence-corrected chi connectivity index (χ0v) is 5.27. The van der Waals surface area contributed by atoms with Gasteiger partial charge in [-0.05, 0) is 24.4 Å². The number of hydrogen-bond donors (Lipinski definition) is 0. The van der Waals surface area contributed by atoms with Crippen LogP contribution in [0.15, 0.2) is 17.6 Å². The van der Waals surface area contributed by atoms with E-state index in [1.54, 1.807) is 0 Å². The van der Waals surface area contributed by atoms with Crippen LogP contribution in [0.1, 0.15) is 0 Å². The van der Waals surface area contributed by atoms with Gasteiger partial charge in [-0.2, -0.15) is 0 Å². The molecule has 0 aliphatic heterocycles. The Kier molecular flexibility index (Phi) is 2.71. The second-order valence-electron chi connectivity index (χ2n) is 0.677. The van der Waals surface area contributed by atoms with Crippen LogP contribution in [0.2, 0.25) is 0 Å². The molecule has 1 aromatic heterocycles. The van der Waals surface area contributed by atoms with Crippen LogP contribution in [-0.4, -0.2) is 0 Å². The van der Waals surface area contributed by atoms with Gasteiger partial charge in [-0.25, -0.2) is 0 Å². The summed E-state index contributed by atoms with van der Waals surface area (Å²) in [6.07, 6.45) is 0. The van der Waals surface area contributed by atoms with Crippen molar-refractivity contribution in [3.63, 3.8) is 0 Å². The van der Waals surface area contributed by atoms with Crippen LogP contribution < -0.4 is 0 Å². The predicted molar refractivity (Wildman–Crippen MR) is 34.0 cm³/mol. The summed E-state index contributed by atoms with van der Waals surface area (Å²) < 4.78 is 5.35. The van der Waals surface area contributed by atoms with Crippen molar-refractivity contribution >= 4 is 24.4 Å². The van der Waals surface area contributed by atoms with E-state index in [2.05, 4.69) is 42.0 Å². The van der Waals surface area contributed by atoms with Crippen LogP contribution in [0.4, 0.5) is 0 Å². The summed E-state index contributed by atoms with van der Waals surface area (Å²) in [4.78, 5) is 0. The van der Waals surface area contributed by atoms with Crippen molar-refractivity contribution in [3.8, 4) is 0 Å². The molecular formula is C4H4OS2. The van der Waals surface area contributed by atoms with Crippen molar-refractivity contribution in [1.29, 1.82) is 0 Å². The second-order valence-corrected chi connectivity index (χ2v) is 1.42. The van der Waals surface area contributed by atoms with E-state index in [9.17, 15) is 0 Å². The standard InChI is InChI=1S/C2OS2.C2H4/c4-1-2(5)3-1;1-2/h;1-2H2. The first-order valence-electron chi connectivity index (χ1n) is 1.57. The molecule has 1 nitrogen and oxygen atoms in total. The minimum absolute atomic E-state index is 0.486. The summed E-state index contributed by atoms with van der Waals surface area (Å²) in [5.41, 5.74) is 0. The van der Waals surface area contributed by atoms with E-state index in [1.807, 2.05) is 0 Å². The minimum atomic E-state index is 0.486. The molecule has 0 radical (unpaired) electrons. The average molecular weight is 132 g/mol. The molecule has 0 fully saturated rings. The quantitative estimate of drug-likeness (QED) is 0.397. The first kappa shape index (κ1) is 6.72. The van der Waals surface area contributed by atoms with Gasteiger partial charge in [0.15, 0.2) is 0 Å². The van der Waals surface area contributed by atoms with Gasteiger partial charge in [0.1, 0.15) is 0 Å². The van der Waals surface area contributed by atoms with Gasteiger partial charge < -0.3 is 4.42 Å². The summed E-state index contributed by atoms with van der Waals surface area (Å²) in [6, 6.07) is 0. The topological polar surface area (TPSA) is 13.1 Å². The highest BCUT2D eigenvalue weighted by Gasteiger charge is 1.90. The summed E-state index contributed by atoms with van der Waals surface area (Å²) in [5, 5.41) is 0. The molecule has 1 aromatic rings. The molecule has 0 aliphatic rings. The number of rotatable bonds is 0. The highest BCUT2D eigenvalue weighted by molar-refractivity contribution is 7.74. The fraction of sp³-hybridized carbons (Fsp3) is 0. The lowest BCUT2D eigenvalue weighted by atomic mass is 11.2. The Hall–Kier alpha value is -0.280. The normalized spacial score (nSPS) is 7.43. The molecule has 0 spiro atoms. The van der Waals surface area contributed by atoms with E-state index < -0.39 is 0 Å². The Bertz CT molecular complexity index is 172. The Morgan fingerprint density at radius 3 is 1.29 bits per heavy atom. The lowest BCUT2D eigenvalue weighted by molar-refractivity contribution is 0.677. The Morgan fingerprint density at radius 1 is 1.14 bits per heavy atom. The molecule has 1 rings (SSSR count). The van der Waals surface area contributed by atoms with Gasteiger partial charge in [0.05, 0.1) is 0 Å². The summed E-state index contributed by atoms with van der Waals surface area (Å²) in [6.45, 7) is 6.00. The van der Waals surface area contributed by atoms with Gasteiger partial charge >= 0.3 is 0 Å². The van der Waals surface area contributed by atoms with Crippen molar-refractivity contribution in [3.05, 3.63) is 22.6 Å². The largest absolute Gasteiger partial charge is 0.424 e. The van der Waals surface area contributed by atoms with E-state index in [-0.39, 0.29) is 0 Å². The third-order valence-electron chi connectivity index (χ3n) is 0.310. The molecule has 0 N–H and O–H groups in total. The molecule has 0 amide bonds. The molecule has 0 atom stereocenters. The first-order chi connectivity index (χ1) is 3.30. The van der Waals surface area contributed by atoms with Crippen LogP contribution in [0.5, 0.6) is 0 Å². The molecule has 0 aromatic carbocycles. The summed E-state index contributed by atoms with van der Waals surface area (Å²) >= 11 is 8.81. The average Bonchev–Trinajstić information content (AvgIpc) is 2.27. The maximum atomic E-state index is 4.41. The SMILES string of the molecule is C=C.S=c1oc1=S. The Balaban J connectivity index is 0.000000162. The molecule has 7 heavy (non-hydrogen) atoms. The van der Waals surface area contributed by atoms with E-state index in [0.717, 1.165) is 0 Å². The van der Waals surface area contributed by atoms with Crippen LogP contribution in [0, 0.1) is 9.41 Å². The van der Waals surface area contributed by atoms with E-state index in [0.29, 0.717) is 9.41 Å². The highest BCUT2D eigenvalue weighted by Crippen LogP contribution is 2.00. The van der Waals surface area contributed by atoms with Crippen molar-refractivity contribution in [1.82, 2.24) is 0 Å². The molecule has 38 valence electrons. The van der Waals surface area contributed by atoms with Crippen LogP contribution in [-0.2, 0) is 0 Å². The zero-order valence-electron chi connectivity index (χ0n) is 3.64. The van der Waals surface area contributed by atoms with Gasteiger partial charge in [0, 0.05) is 0 Å². The van der Waals surface area contributed by atoms with E-state index in [1.165, 1.54) is 0 Å². The van der Waals surface area contributed by atoms with E-state index in [4.69, 9.17) is 0 Å². The minimum Gasteiger partial charge on any atom is -0.424 e. The lowest BCUT2D eigenvalue weighted by Gasteiger charge is -1.17. The fourth-order valence-electron chi connectivity index (χ4n) is 0.0587. The van der Waals surface area contributed by atoms with Crippen molar-refractivity contribution in [2.45, 2.75) is 0 Å². The zero-order chi connectivity index (χ0) is 5.86. The Morgan fingerprint density at radius 2 is 1.29 bits per heavy atom. The third kappa shape index (κ3) is 2.42. The molecule has 3 heteroatoms. The predicted octanol–water partition coefficient (Wildman–Crippen LogP) is 2.42. The fourth-order valence-corrected chi connectivity index (χ4v) is 0.278. The van der Waals surface area contributed by atoms with Gasteiger partial charge in [-0.1, -0.05) is 0 Å². The number of hydrogen-bond acceptors (Lipinski definition) is 3. The molecule has 0 bridgehead atoms. The maximum absolute atomic E-state index is 4.41. The van der Waals surface area contributed by atoms with Crippen LogP contribution in [0.3, 0.4) is 0 Å². The summed E-state index contributed by atoms with van der Waals surface area (Å²) in [7, 11) is 0. The lowest BCUT2D eigenvalue weighted by Crippen LogP contribution is -1.03. The van der Waals surface area contributed by atoms with Gasteiger partial charge in [-0.3, -0.25) is 0 Å². The van der Waals surface area contributed by atoms with Crippen LogP contribution >= 0.6 is 24.4 Å².